The Kier molecular flexibility index (Phi) is 4.54. The molecule has 3 nitrogen and oxygen atoms in total. The smallest absolute Gasteiger partial charge is 0.309 e. The van der Waals surface area contributed by atoms with Crippen LogP contribution >= 0.6 is 0 Å². The Balaban J connectivity index is 2.06. The molecule has 3 heteroatoms. The Morgan fingerprint density at radius 3 is 3.08 bits per heavy atom. The SMILES string of the molecule is COC(=O)C/C=C\CC1CCCN1. The van der Waals surface area contributed by atoms with E-state index in [1.165, 1.54) is 20.0 Å². The summed E-state index contributed by atoms with van der Waals surface area (Å²) in [6, 6.07) is 0.619. The fourth-order valence-corrected chi connectivity index (χ4v) is 1.48. The molecule has 0 radical (unpaired) electrons. The highest BCUT2D eigenvalue weighted by Crippen LogP contribution is 2.08. The summed E-state index contributed by atoms with van der Waals surface area (Å²) in [6.45, 7) is 1.13. The fraction of sp³-hybridized carbons (Fsp3) is 0.700. The first-order valence-electron chi connectivity index (χ1n) is 4.78. The number of carbonyl (C=O) groups is 1. The molecule has 0 aromatic heterocycles. The van der Waals surface area contributed by atoms with Gasteiger partial charge in [-0.3, -0.25) is 4.79 Å². The summed E-state index contributed by atoms with van der Waals surface area (Å²) in [4.78, 5) is 10.7. The molecule has 0 amide bonds. The zero-order valence-corrected chi connectivity index (χ0v) is 8.08. The zero-order chi connectivity index (χ0) is 9.52. The maximum atomic E-state index is 10.7. The predicted octanol–water partition coefficient (Wildman–Crippen LogP) is 1.25. The van der Waals surface area contributed by atoms with Gasteiger partial charge in [-0.25, -0.2) is 0 Å². The van der Waals surface area contributed by atoms with Crippen molar-refractivity contribution in [1.29, 1.82) is 0 Å². The van der Waals surface area contributed by atoms with Crippen molar-refractivity contribution in [3.05, 3.63) is 12.2 Å². The molecule has 13 heavy (non-hydrogen) atoms. The molecule has 0 bridgehead atoms. The second kappa shape index (κ2) is 5.75. The Hall–Kier alpha value is -0.830. The lowest BCUT2D eigenvalue weighted by molar-refractivity contribution is -0.139. The summed E-state index contributed by atoms with van der Waals surface area (Å²) in [5, 5.41) is 3.39. The molecule has 1 heterocycles. The van der Waals surface area contributed by atoms with E-state index in [1.807, 2.05) is 6.08 Å². The van der Waals surface area contributed by atoms with E-state index in [1.54, 1.807) is 0 Å². The number of rotatable bonds is 4. The first-order chi connectivity index (χ1) is 6.33. The third kappa shape index (κ3) is 4.08. The predicted molar refractivity (Wildman–Crippen MR) is 51.4 cm³/mol. The molecule has 1 saturated heterocycles. The maximum absolute atomic E-state index is 10.7. The Morgan fingerprint density at radius 2 is 2.46 bits per heavy atom. The molecular weight excluding hydrogens is 166 g/mol. The number of hydrogen-bond acceptors (Lipinski definition) is 3. The second-order valence-corrected chi connectivity index (χ2v) is 3.28. The normalized spacial score (nSPS) is 22.4. The van der Waals surface area contributed by atoms with E-state index < -0.39 is 0 Å². The van der Waals surface area contributed by atoms with E-state index in [4.69, 9.17) is 0 Å². The lowest BCUT2D eigenvalue weighted by Gasteiger charge is -2.04. The van der Waals surface area contributed by atoms with E-state index >= 15 is 0 Å². The van der Waals surface area contributed by atoms with Crippen LogP contribution in [0.5, 0.6) is 0 Å². The van der Waals surface area contributed by atoms with E-state index in [0.717, 1.165) is 13.0 Å². The van der Waals surface area contributed by atoms with Crippen LogP contribution in [-0.2, 0) is 9.53 Å². The van der Waals surface area contributed by atoms with Gasteiger partial charge in [-0.05, 0) is 25.8 Å². The summed E-state index contributed by atoms with van der Waals surface area (Å²) in [7, 11) is 1.41. The Labute approximate surface area is 79.2 Å². The monoisotopic (exact) mass is 183 g/mol. The van der Waals surface area contributed by atoms with Gasteiger partial charge in [0.15, 0.2) is 0 Å². The van der Waals surface area contributed by atoms with Crippen LogP contribution in [0, 0.1) is 0 Å². The quantitative estimate of drug-likeness (QED) is 0.526. The molecule has 0 aromatic rings. The fourth-order valence-electron chi connectivity index (χ4n) is 1.48. The van der Waals surface area contributed by atoms with Gasteiger partial charge in [0.25, 0.3) is 0 Å². The number of esters is 1. The van der Waals surface area contributed by atoms with Crippen LogP contribution in [0.4, 0.5) is 0 Å². The van der Waals surface area contributed by atoms with Crippen LogP contribution in [0.15, 0.2) is 12.2 Å². The van der Waals surface area contributed by atoms with Crippen molar-refractivity contribution >= 4 is 5.97 Å². The molecule has 1 atom stereocenters. The average Bonchev–Trinajstić information content (AvgIpc) is 2.64. The van der Waals surface area contributed by atoms with Gasteiger partial charge in [0.2, 0.25) is 0 Å². The summed E-state index contributed by atoms with van der Waals surface area (Å²) in [5.74, 6) is -0.171. The van der Waals surface area contributed by atoms with E-state index in [9.17, 15) is 4.79 Å². The molecule has 74 valence electrons. The van der Waals surface area contributed by atoms with Crippen LogP contribution in [0.2, 0.25) is 0 Å². The molecule has 1 fully saturated rings. The molecule has 0 saturated carbocycles. The number of hydrogen-bond donors (Lipinski definition) is 1. The minimum absolute atomic E-state index is 0.171. The van der Waals surface area contributed by atoms with Crippen LogP contribution in [0.1, 0.15) is 25.7 Å². The Bertz CT molecular complexity index is 183. The highest BCUT2D eigenvalue weighted by atomic mass is 16.5. The minimum atomic E-state index is -0.171. The van der Waals surface area contributed by atoms with Gasteiger partial charge >= 0.3 is 5.97 Å². The lowest BCUT2D eigenvalue weighted by atomic mass is 10.1. The second-order valence-electron chi connectivity index (χ2n) is 3.28. The van der Waals surface area contributed by atoms with Crippen molar-refractivity contribution in [2.45, 2.75) is 31.7 Å². The van der Waals surface area contributed by atoms with Crippen molar-refractivity contribution in [2.24, 2.45) is 0 Å². The molecule has 1 N–H and O–H groups in total. The average molecular weight is 183 g/mol. The first kappa shape index (κ1) is 10.3. The zero-order valence-electron chi connectivity index (χ0n) is 8.08. The number of methoxy groups -OCH3 is 1. The van der Waals surface area contributed by atoms with Gasteiger partial charge in [-0.1, -0.05) is 12.2 Å². The molecule has 1 aliphatic rings. The van der Waals surface area contributed by atoms with Crippen molar-refractivity contribution in [3.8, 4) is 0 Å². The van der Waals surface area contributed by atoms with Crippen LogP contribution < -0.4 is 5.32 Å². The van der Waals surface area contributed by atoms with Crippen LogP contribution in [-0.4, -0.2) is 25.7 Å². The molecule has 1 rings (SSSR count). The largest absolute Gasteiger partial charge is 0.469 e. The van der Waals surface area contributed by atoms with Gasteiger partial charge in [0.1, 0.15) is 0 Å². The molecular formula is C10H17NO2. The third-order valence-corrected chi connectivity index (χ3v) is 2.26. The highest BCUT2D eigenvalue weighted by Gasteiger charge is 2.11. The summed E-state index contributed by atoms with van der Waals surface area (Å²) >= 11 is 0. The first-order valence-corrected chi connectivity index (χ1v) is 4.78. The van der Waals surface area contributed by atoms with Gasteiger partial charge in [0, 0.05) is 6.04 Å². The van der Waals surface area contributed by atoms with E-state index in [2.05, 4.69) is 16.1 Å². The van der Waals surface area contributed by atoms with Crippen molar-refractivity contribution < 1.29 is 9.53 Å². The van der Waals surface area contributed by atoms with Gasteiger partial charge in [-0.15, -0.1) is 0 Å². The molecule has 0 spiro atoms. The maximum Gasteiger partial charge on any atom is 0.309 e. The molecule has 1 unspecified atom stereocenters. The van der Waals surface area contributed by atoms with E-state index in [-0.39, 0.29) is 5.97 Å². The Morgan fingerprint density at radius 1 is 1.62 bits per heavy atom. The number of nitrogens with one attached hydrogen (secondary N) is 1. The van der Waals surface area contributed by atoms with Crippen molar-refractivity contribution in [3.63, 3.8) is 0 Å². The van der Waals surface area contributed by atoms with E-state index in [0.29, 0.717) is 12.5 Å². The van der Waals surface area contributed by atoms with Crippen LogP contribution in [0.3, 0.4) is 0 Å². The van der Waals surface area contributed by atoms with Gasteiger partial charge in [-0.2, -0.15) is 0 Å². The summed E-state index contributed by atoms with van der Waals surface area (Å²) in [6.07, 6.45) is 7.88. The topological polar surface area (TPSA) is 38.3 Å². The van der Waals surface area contributed by atoms with Crippen molar-refractivity contribution in [1.82, 2.24) is 5.32 Å². The lowest BCUT2D eigenvalue weighted by Crippen LogP contribution is -2.19. The van der Waals surface area contributed by atoms with Gasteiger partial charge in [0.05, 0.1) is 13.5 Å². The third-order valence-electron chi connectivity index (χ3n) is 2.26. The number of ether oxygens (including phenoxy) is 1. The summed E-state index contributed by atoms with van der Waals surface area (Å²) < 4.78 is 4.52. The van der Waals surface area contributed by atoms with Crippen LogP contribution in [0.25, 0.3) is 0 Å². The standard InChI is InChI=1S/C10H17NO2/c1-13-10(12)7-3-2-5-9-6-4-8-11-9/h2-3,9,11H,4-8H2,1H3/b3-2-. The number of carbonyl (C=O) groups excluding carboxylic acids is 1. The molecule has 1 aliphatic heterocycles. The molecule has 0 aliphatic carbocycles. The minimum Gasteiger partial charge on any atom is -0.469 e. The summed E-state index contributed by atoms with van der Waals surface area (Å²) in [5.41, 5.74) is 0. The molecule has 0 aromatic carbocycles. The van der Waals surface area contributed by atoms with Crippen molar-refractivity contribution in [2.75, 3.05) is 13.7 Å². The van der Waals surface area contributed by atoms with Gasteiger partial charge < -0.3 is 10.1 Å². The highest BCUT2D eigenvalue weighted by molar-refractivity contribution is 5.70.